The number of hydrogen-bond donors (Lipinski definition) is 1. The van der Waals surface area contributed by atoms with Crippen LogP contribution in [0.1, 0.15) is 43.8 Å². The normalized spacial score (nSPS) is 13.2. The molecule has 1 unspecified atom stereocenters. The lowest BCUT2D eigenvalue weighted by Crippen LogP contribution is -2.28. The first-order valence-electron chi connectivity index (χ1n) is 7.21. The summed E-state index contributed by atoms with van der Waals surface area (Å²) in [5, 5.41) is 14.9. The predicted octanol–water partition coefficient (Wildman–Crippen LogP) is 3.46. The highest BCUT2D eigenvalue weighted by Crippen LogP contribution is 2.28. The molecule has 0 aliphatic carbocycles. The Kier molecular flexibility index (Phi) is 4.78. The average molecular weight is 324 g/mol. The van der Waals surface area contributed by atoms with Gasteiger partial charge in [0.15, 0.2) is 11.9 Å². The summed E-state index contributed by atoms with van der Waals surface area (Å²) in [7, 11) is 0. The monoisotopic (exact) mass is 323 g/mol. The highest BCUT2D eigenvalue weighted by Gasteiger charge is 2.21. The molecule has 1 N–H and O–H groups in total. The van der Waals surface area contributed by atoms with Gasteiger partial charge in [0.1, 0.15) is 12.1 Å². The van der Waals surface area contributed by atoms with Crippen LogP contribution >= 0.6 is 11.6 Å². The second-order valence-corrected chi connectivity index (χ2v) is 6.60. The maximum Gasteiger partial charge on any atom is 0.167 e. The Morgan fingerprint density at radius 3 is 2.45 bits per heavy atom. The van der Waals surface area contributed by atoms with Gasteiger partial charge in [-0.2, -0.15) is 5.10 Å². The van der Waals surface area contributed by atoms with E-state index in [2.05, 4.69) is 10.1 Å². The van der Waals surface area contributed by atoms with Gasteiger partial charge in [-0.3, -0.25) is 0 Å². The summed E-state index contributed by atoms with van der Waals surface area (Å²) in [6.45, 7) is 9.62. The highest BCUT2D eigenvalue weighted by atomic mass is 35.5. The van der Waals surface area contributed by atoms with E-state index in [1.807, 2.05) is 32.9 Å². The Labute approximate surface area is 135 Å². The summed E-state index contributed by atoms with van der Waals surface area (Å²) < 4.78 is 7.63. The number of aliphatic hydroxyl groups is 1. The maximum absolute atomic E-state index is 9.94. The lowest BCUT2D eigenvalue weighted by molar-refractivity contribution is 0.0541. The van der Waals surface area contributed by atoms with Gasteiger partial charge >= 0.3 is 0 Å². The van der Waals surface area contributed by atoms with Crippen LogP contribution in [-0.2, 0) is 6.54 Å². The van der Waals surface area contributed by atoms with Crippen molar-refractivity contribution in [3.8, 4) is 5.75 Å². The molecule has 0 bridgehead atoms. The van der Waals surface area contributed by atoms with E-state index in [0.29, 0.717) is 12.4 Å². The van der Waals surface area contributed by atoms with E-state index in [1.54, 1.807) is 18.5 Å². The molecule has 0 fully saturated rings. The standard InChI is InChI=1S/C16H22ClN3O2/c1-10-6-13(7-11(2)14(10)17)22-12(3)15-18-9-19-20(15)8-16(4,5)21/h6-7,9,12,21H,8H2,1-5H3. The van der Waals surface area contributed by atoms with Crippen molar-refractivity contribution in [2.24, 2.45) is 0 Å². The summed E-state index contributed by atoms with van der Waals surface area (Å²) in [5.41, 5.74) is 1.08. The van der Waals surface area contributed by atoms with Crippen LogP contribution in [0.2, 0.25) is 5.02 Å². The number of rotatable bonds is 5. The average Bonchev–Trinajstić information content (AvgIpc) is 2.81. The topological polar surface area (TPSA) is 60.2 Å². The fourth-order valence-corrected chi connectivity index (χ4v) is 2.42. The number of halogens is 1. The zero-order valence-electron chi connectivity index (χ0n) is 13.6. The van der Waals surface area contributed by atoms with Gasteiger partial charge in [-0.1, -0.05) is 11.6 Å². The molecule has 1 heterocycles. The van der Waals surface area contributed by atoms with Gasteiger partial charge < -0.3 is 9.84 Å². The third kappa shape index (κ3) is 3.99. The first-order valence-corrected chi connectivity index (χ1v) is 7.58. The minimum absolute atomic E-state index is 0.287. The molecule has 0 aliphatic heterocycles. The number of aromatic nitrogens is 3. The van der Waals surface area contributed by atoms with Crippen molar-refractivity contribution >= 4 is 11.6 Å². The van der Waals surface area contributed by atoms with Crippen LogP contribution in [0, 0.1) is 13.8 Å². The third-order valence-electron chi connectivity index (χ3n) is 3.27. The predicted molar refractivity (Wildman–Crippen MR) is 86.3 cm³/mol. The molecule has 6 heteroatoms. The second kappa shape index (κ2) is 6.26. The molecule has 5 nitrogen and oxygen atoms in total. The molecule has 22 heavy (non-hydrogen) atoms. The van der Waals surface area contributed by atoms with E-state index in [4.69, 9.17) is 16.3 Å². The summed E-state index contributed by atoms with van der Waals surface area (Å²) >= 11 is 6.17. The molecule has 0 saturated heterocycles. The van der Waals surface area contributed by atoms with Gasteiger partial charge in [-0.15, -0.1) is 0 Å². The van der Waals surface area contributed by atoms with Crippen molar-refractivity contribution in [1.82, 2.24) is 14.8 Å². The Morgan fingerprint density at radius 2 is 1.91 bits per heavy atom. The number of aryl methyl sites for hydroxylation is 2. The molecule has 1 aromatic carbocycles. The minimum Gasteiger partial charge on any atom is -0.483 e. The van der Waals surface area contributed by atoms with Crippen LogP contribution in [-0.4, -0.2) is 25.5 Å². The SMILES string of the molecule is Cc1cc(OC(C)c2ncnn2CC(C)(C)O)cc(C)c1Cl. The largest absolute Gasteiger partial charge is 0.483 e. The minimum atomic E-state index is -0.865. The first-order chi connectivity index (χ1) is 10.2. The molecule has 0 aliphatic rings. The summed E-state index contributed by atoms with van der Waals surface area (Å²) in [5.74, 6) is 1.41. The number of ether oxygens (including phenoxy) is 1. The van der Waals surface area contributed by atoms with E-state index in [9.17, 15) is 5.11 Å². The number of hydrogen-bond acceptors (Lipinski definition) is 4. The van der Waals surface area contributed by atoms with Gasteiger partial charge in [0.25, 0.3) is 0 Å². The first kappa shape index (κ1) is 16.8. The van der Waals surface area contributed by atoms with Crippen molar-refractivity contribution in [1.29, 1.82) is 0 Å². The molecule has 0 radical (unpaired) electrons. The van der Waals surface area contributed by atoms with E-state index < -0.39 is 5.60 Å². The molecule has 120 valence electrons. The summed E-state index contributed by atoms with van der Waals surface area (Å²) in [4.78, 5) is 4.25. The molecule has 0 amide bonds. The summed E-state index contributed by atoms with van der Waals surface area (Å²) in [6.07, 6.45) is 1.18. The molecular weight excluding hydrogens is 302 g/mol. The van der Waals surface area contributed by atoms with Gasteiger partial charge in [0, 0.05) is 5.02 Å². The van der Waals surface area contributed by atoms with Crippen molar-refractivity contribution in [3.63, 3.8) is 0 Å². The molecular formula is C16H22ClN3O2. The van der Waals surface area contributed by atoms with Crippen molar-refractivity contribution in [2.45, 2.75) is 52.9 Å². The van der Waals surface area contributed by atoms with Crippen molar-refractivity contribution in [2.75, 3.05) is 0 Å². The molecule has 2 rings (SSSR count). The van der Waals surface area contributed by atoms with Gasteiger partial charge in [0.2, 0.25) is 0 Å². The third-order valence-corrected chi connectivity index (χ3v) is 3.86. The molecule has 1 atom stereocenters. The Morgan fingerprint density at radius 1 is 1.32 bits per heavy atom. The molecule has 0 saturated carbocycles. The Balaban J connectivity index is 2.20. The molecule has 2 aromatic rings. The van der Waals surface area contributed by atoms with E-state index in [0.717, 1.165) is 21.9 Å². The fourth-order valence-electron chi connectivity index (χ4n) is 2.31. The van der Waals surface area contributed by atoms with E-state index in [1.165, 1.54) is 6.33 Å². The fraction of sp³-hybridized carbons (Fsp3) is 0.500. The van der Waals surface area contributed by atoms with Gasteiger partial charge in [0.05, 0.1) is 12.1 Å². The summed E-state index contributed by atoms with van der Waals surface area (Å²) in [6, 6.07) is 3.81. The van der Waals surface area contributed by atoms with E-state index >= 15 is 0 Å². The smallest absolute Gasteiger partial charge is 0.167 e. The van der Waals surface area contributed by atoms with Crippen molar-refractivity contribution < 1.29 is 9.84 Å². The number of benzene rings is 1. The molecule has 0 spiro atoms. The van der Waals surface area contributed by atoms with Crippen molar-refractivity contribution in [3.05, 3.63) is 40.4 Å². The van der Waals surface area contributed by atoms with Gasteiger partial charge in [-0.05, 0) is 57.9 Å². The van der Waals surface area contributed by atoms with Crippen LogP contribution in [0.4, 0.5) is 0 Å². The maximum atomic E-state index is 9.94. The lowest BCUT2D eigenvalue weighted by Gasteiger charge is -2.21. The van der Waals surface area contributed by atoms with Crippen LogP contribution in [0.15, 0.2) is 18.5 Å². The van der Waals surface area contributed by atoms with E-state index in [-0.39, 0.29) is 6.10 Å². The van der Waals surface area contributed by atoms with Crippen LogP contribution in [0.5, 0.6) is 5.75 Å². The van der Waals surface area contributed by atoms with Crippen LogP contribution < -0.4 is 4.74 Å². The Bertz CT molecular complexity index is 639. The second-order valence-electron chi connectivity index (χ2n) is 6.22. The zero-order chi connectivity index (χ0) is 16.5. The quantitative estimate of drug-likeness (QED) is 0.915. The van der Waals surface area contributed by atoms with Crippen LogP contribution in [0.3, 0.4) is 0 Å². The number of nitrogens with zero attached hydrogens (tertiary/aromatic N) is 3. The Hall–Kier alpha value is -1.59. The highest BCUT2D eigenvalue weighted by molar-refractivity contribution is 6.32. The zero-order valence-corrected chi connectivity index (χ0v) is 14.3. The van der Waals surface area contributed by atoms with Crippen LogP contribution in [0.25, 0.3) is 0 Å². The van der Waals surface area contributed by atoms with Gasteiger partial charge in [-0.25, -0.2) is 9.67 Å². The molecule has 1 aromatic heterocycles. The lowest BCUT2D eigenvalue weighted by atomic mass is 10.1.